The van der Waals surface area contributed by atoms with Crippen molar-refractivity contribution in [2.24, 2.45) is 5.92 Å². The average molecular weight is 245 g/mol. The summed E-state index contributed by atoms with van der Waals surface area (Å²) >= 11 is 0. The molecule has 5 nitrogen and oxygen atoms in total. The molecule has 0 aromatic carbocycles. The maximum absolute atomic E-state index is 11.2. The maximum atomic E-state index is 11.2. The standard InChI is InChI=1S/C12H27N3O2/c1-11(2)12(16)14-7-5-9-17-10-6-8-15(4)13-3/h11,13H,5-10H2,1-4H3,(H,14,16). The van der Waals surface area contributed by atoms with Crippen LogP contribution < -0.4 is 10.7 Å². The van der Waals surface area contributed by atoms with Crippen LogP contribution in [0.5, 0.6) is 0 Å². The molecule has 102 valence electrons. The molecule has 17 heavy (non-hydrogen) atoms. The van der Waals surface area contributed by atoms with E-state index in [1.807, 2.05) is 33.0 Å². The van der Waals surface area contributed by atoms with E-state index < -0.39 is 0 Å². The fraction of sp³-hybridized carbons (Fsp3) is 0.917. The molecule has 2 N–H and O–H groups in total. The van der Waals surface area contributed by atoms with Gasteiger partial charge in [-0.2, -0.15) is 0 Å². The van der Waals surface area contributed by atoms with E-state index in [0.717, 1.165) is 26.0 Å². The first-order valence-electron chi connectivity index (χ1n) is 6.32. The number of amides is 1. The molecule has 0 aliphatic rings. The molecule has 0 rings (SSSR count). The normalized spacial score (nSPS) is 11.2. The molecule has 0 saturated heterocycles. The van der Waals surface area contributed by atoms with Crippen LogP contribution in [0, 0.1) is 5.92 Å². The number of carbonyl (C=O) groups is 1. The first-order chi connectivity index (χ1) is 8.07. The van der Waals surface area contributed by atoms with Crippen molar-refractivity contribution in [3.8, 4) is 0 Å². The number of ether oxygens (including phenoxy) is 1. The van der Waals surface area contributed by atoms with Gasteiger partial charge < -0.3 is 10.1 Å². The summed E-state index contributed by atoms with van der Waals surface area (Å²) < 4.78 is 5.47. The van der Waals surface area contributed by atoms with Crippen molar-refractivity contribution in [2.45, 2.75) is 26.7 Å². The van der Waals surface area contributed by atoms with Crippen molar-refractivity contribution in [3.63, 3.8) is 0 Å². The van der Waals surface area contributed by atoms with Gasteiger partial charge in [0.25, 0.3) is 0 Å². The minimum Gasteiger partial charge on any atom is -0.381 e. The van der Waals surface area contributed by atoms with Gasteiger partial charge in [0.15, 0.2) is 0 Å². The second kappa shape index (κ2) is 10.5. The lowest BCUT2D eigenvalue weighted by Gasteiger charge is -2.14. The van der Waals surface area contributed by atoms with Gasteiger partial charge in [-0.3, -0.25) is 10.2 Å². The molecular weight excluding hydrogens is 218 g/mol. The number of nitrogens with zero attached hydrogens (tertiary/aromatic N) is 1. The van der Waals surface area contributed by atoms with Crippen LogP contribution in [0.15, 0.2) is 0 Å². The third-order valence-electron chi connectivity index (χ3n) is 2.45. The van der Waals surface area contributed by atoms with Crippen LogP contribution in [0.3, 0.4) is 0 Å². The molecule has 0 aromatic heterocycles. The van der Waals surface area contributed by atoms with Gasteiger partial charge in [-0.1, -0.05) is 13.8 Å². The van der Waals surface area contributed by atoms with Gasteiger partial charge in [0, 0.05) is 39.3 Å². The average Bonchev–Trinajstić information content (AvgIpc) is 2.31. The van der Waals surface area contributed by atoms with E-state index in [0.29, 0.717) is 13.2 Å². The van der Waals surface area contributed by atoms with Crippen LogP contribution in [0.2, 0.25) is 0 Å². The van der Waals surface area contributed by atoms with Crippen LogP contribution in [0.1, 0.15) is 26.7 Å². The van der Waals surface area contributed by atoms with Crippen molar-refractivity contribution >= 4 is 5.91 Å². The van der Waals surface area contributed by atoms with Gasteiger partial charge in [-0.05, 0) is 19.9 Å². The Morgan fingerprint density at radius 1 is 1.29 bits per heavy atom. The number of hydrazine groups is 1. The Labute approximate surface area is 105 Å². The minimum absolute atomic E-state index is 0.0630. The van der Waals surface area contributed by atoms with Crippen molar-refractivity contribution in [3.05, 3.63) is 0 Å². The fourth-order valence-electron chi connectivity index (χ4n) is 1.21. The molecule has 0 aliphatic heterocycles. The zero-order valence-corrected chi connectivity index (χ0v) is 11.6. The summed E-state index contributed by atoms with van der Waals surface area (Å²) in [5, 5.41) is 4.88. The first-order valence-corrected chi connectivity index (χ1v) is 6.32. The highest BCUT2D eigenvalue weighted by Gasteiger charge is 2.04. The SMILES string of the molecule is CNN(C)CCCOCCCNC(=O)C(C)C. The van der Waals surface area contributed by atoms with Crippen LogP contribution in [-0.4, -0.2) is 51.3 Å². The van der Waals surface area contributed by atoms with Crippen LogP contribution in [-0.2, 0) is 9.53 Å². The Kier molecular flexibility index (Phi) is 10.1. The van der Waals surface area contributed by atoms with Crippen molar-refractivity contribution < 1.29 is 9.53 Å². The molecule has 0 aromatic rings. The molecule has 5 heteroatoms. The Morgan fingerprint density at radius 3 is 2.53 bits per heavy atom. The lowest BCUT2D eigenvalue weighted by Crippen LogP contribution is -2.32. The van der Waals surface area contributed by atoms with Crippen molar-refractivity contribution in [2.75, 3.05) is 40.4 Å². The maximum Gasteiger partial charge on any atom is 0.222 e. The van der Waals surface area contributed by atoms with E-state index in [4.69, 9.17) is 4.74 Å². The Morgan fingerprint density at radius 2 is 1.94 bits per heavy atom. The van der Waals surface area contributed by atoms with Crippen molar-refractivity contribution in [1.82, 2.24) is 15.8 Å². The van der Waals surface area contributed by atoms with Gasteiger partial charge in [0.05, 0.1) is 0 Å². The van der Waals surface area contributed by atoms with Gasteiger partial charge in [0.1, 0.15) is 0 Å². The molecule has 0 atom stereocenters. The van der Waals surface area contributed by atoms with E-state index in [1.165, 1.54) is 0 Å². The predicted octanol–water partition coefficient (Wildman–Crippen LogP) is 0.622. The van der Waals surface area contributed by atoms with Gasteiger partial charge in [-0.25, -0.2) is 5.01 Å². The van der Waals surface area contributed by atoms with Crippen LogP contribution in [0.4, 0.5) is 0 Å². The molecule has 0 bridgehead atoms. The molecule has 0 fully saturated rings. The number of nitrogens with one attached hydrogen (secondary N) is 2. The number of hydrogen-bond donors (Lipinski definition) is 2. The molecule has 1 amide bonds. The molecule has 0 unspecified atom stereocenters. The largest absolute Gasteiger partial charge is 0.381 e. The lowest BCUT2D eigenvalue weighted by atomic mass is 10.2. The predicted molar refractivity (Wildman–Crippen MR) is 69.6 cm³/mol. The second-order valence-corrected chi connectivity index (χ2v) is 4.41. The summed E-state index contributed by atoms with van der Waals surface area (Å²) in [6.45, 7) is 6.94. The van der Waals surface area contributed by atoms with Crippen LogP contribution >= 0.6 is 0 Å². The van der Waals surface area contributed by atoms with Gasteiger partial charge in [0.2, 0.25) is 5.91 Å². The third-order valence-corrected chi connectivity index (χ3v) is 2.45. The zero-order chi connectivity index (χ0) is 13.1. The second-order valence-electron chi connectivity index (χ2n) is 4.41. The topological polar surface area (TPSA) is 53.6 Å². The minimum atomic E-state index is 0.0630. The van der Waals surface area contributed by atoms with E-state index >= 15 is 0 Å². The molecular formula is C12H27N3O2. The summed E-state index contributed by atoms with van der Waals surface area (Å²) in [7, 11) is 3.90. The van der Waals surface area contributed by atoms with Crippen LogP contribution in [0.25, 0.3) is 0 Å². The van der Waals surface area contributed by atoms with E-state index in [-0.39, 0.29) is 11.8 Å². The fourth-order valence-corrected chi connectivity index (χ4v) is 1.21. The number of rotatable bonds is 10. The highest BCUT2D eigenvalue weighted by atomic mass is 16.5. The summed E-state index contributed by atoms with van der Waals surface area (Å²) in [6.07, 6.45) is 1.88. The monoisotopic (exact) mass is 245 g/mol. The van der Waals surface area contributed by atoms with Gasteiger partial charge >= 0.3 is 0 Å². The molecule has 0 spiro atoms. The van der Waals surface area contributed by atoms with E-state index in [2.05, 4.69) is 10.7 Å². The summed E-state index contributed by atoms with van der Waals surface area (Å²) in [4.78, 5) is 11.2. The summed E-state index contributed by atoms with van der Waals surface area (Å²) in [5.74, 6) is 0.175. The first kappa shape index (κ1) is 16.4. The van der Waals surface area contributed by atoms with E-state index in [1.54, 1.807) is 0 Å². The Hall–Kier alpha value is -0.650. The molecule has 0 radical (unpaired) electrons. The number of hydrogen-bond acceptors (Lipinski definition) is 4. The smallest absolute Gasteiger partial charge is 0.222 e. The number of carbonyl (C=O) groups excluding carboxylic acids is 1. The summed E-state index contributed by atoms with van der Waals surface area (Å²) in [5.41, 5.74) is 3.03. The molecule has 0 heterocycles. The molecule has 0 aliphatic carbocycles. The molecule has 0 saturated carbocycles. The highest BCUT2D eigenvalue weighted by molar-refractivity contribution is 5.77. The van der Waals surface area contributed by atoms with Crippen molar-refractivity contribution in [1.29, 1.82) is 0 Å². The van der Waals surface area contributed by atoms with E-state index in [9.17, 15) is 4.79 Å². The Bertz CT molecular complexity index is 198. The van der Waals surface area contributed by atoms with Gasteiger partial charge in [-0.15, -0.1) is 0 Å². The highest BCUT2D eigenvalue weighted by Crippen LogP contribution is 1.91. The Balaban J connectivity index is 3.16. The quantitative estimate of drug-likeness (QED) is 0.438. The zero-order valence-electron chi connectivity index (χ0n) is 11.6. The lowest BCUT2D eigenvalue weighted by molar-refractivity contribution is -0.124. The third kappa shape index (κ3) is 10.2. The summed E-state index contributed by atoms with van der Waals surface area (Å²) in [6, 6.07) is 0.